The van der Waals surface area contributed by atoms with Gasteiger partial charge in [0.15, 0.2) is 11.5 Å². The van der Waals surface area contributed by atoms with Crippen LogP contribution < -0.4 is 14.8 Å². The zero-order valence-corrected chi connectivity index (χ0v) is 12.6. The molecule has 0 amide bonds. The van der Waals surface area contributed by atoms with Crippen molar-refractivity contribution in [3.63, 3.8) is 0 Å². The van der Waals surface area contributed by atoms with Crippen molar-refractivity contribution in [1.29, 1.82) is 0 Å². The van der Waals surface area contributed by atoms with E-state index in [1.165, 1.54) is 18.4 Å². The minimum absolute atomic E-state index is 0.392. The molecule has 1 aliphatic rings. The molecule has 0 saturated carbocycles. The van der Waals surface area contributed by atoms with Gasteiger partial charge in [-0.2, -0.15) is 0 Å². The third-order valence-corrected chi connectivity index (χ3v) is 3.71. The van der Waals surface area contributed by atoms with Gasteiger partial charge in [0.05, 0.1) is 20.3 Å². The van der Waals surface area contributed by atoms with Crippen LogP contribution >= 0.6 is 0 Å². The number of methoxy groups -OCH3 is 2. The second-order valence-electron chi connectivity index (χ2n) is 5.34. The largest absolute Gasteiger partial charge is 0.493 e. The highest BCUT2D eigenvalue weighted by Crippen LogP contribution is 2.27. The summed E-state index contributed by atoms with van der Waals surface area (Å²) in [5, 5.41) is 3.54. The molecule has 0 radical (unpaired) electrons. The third-order valence-electron chi connectivity index (χ3n) is 3.71. The maximum atomic E-state index is 5.62. The number of ether oxygens (including phenoxy) is 3. The Labute approximate surface area is 121 Å². The molecule has 0 bridgehead atoms. The monoisotopic (exact) mass is 279 g/mol. The molecule has 1 fully saturated rings. The number of benzene rings is 1. The molecule has 1 N–H and O–H groups in total. The molecule has 2 atom stereocenters. The van der Waals surface area contributed by atoms with Crippen molar-refractivity contribution in [2.75, 3.05) is 27.4 Å². The van der Waals surface area contributed by atoms with Crippen molar-refractivity contribution in [2.45, 2.75) is 38.3 Å². The van der Waals surface area contributed by atoms with Gasteiger partial charge in [-0.05, 0) is 43.9 Å². The van der Waals surface area contributed by atoms with E-state index >= 15 is 0 Å². The van der Waals surface area contributed by atoms with E-state index in [1.807, 2.05) is 12.1 Å². The fourth-order valence-corrected chi connectivity index (χ4v) is 2.57. The molecule has 4 nitrogen and oxygen atoms in total. The van der Waals surface area contributed by atoms with Crippen LogP contribution in [-0.4, -0.2) is 39.5 Å². The van der Waals surface area contributed by atoms with Gasteiger partial charge < -0.3 is 19.5 Å². The lowest BCUT2D eigenvalue weighted by Gasteiger charge is -2.17. The Kier molecular flexibility index (Phi) is 5.68. The molecule has 0 aliphatic carbocycles. The van der Waals surface area contributed by atoms with E-state index in [-0.39, 0.29) is 0 Å². The number of hydrogen-bond acceptors (Lipinski definition) is 4. The first-order valence-electron chi connectivity index (χ1n) is 7.29. The van der Waals surface area contributed by atoms with Crippen LogP contribution in [0.4, 0.5) is 0 Å². The van der Waals surface area contributed by atoms with Crippen molar-refractivity contribution in [3.05, 3.63) is 23.8 Å². The van der Waals surface area contributed by atoms with Gasteiger partial charge in [0.1, 0.15) is 0 Å². The second-order valence-corrected chi connectivity index (χ2v) is 5.34. The summed E-state index contributed by atoms with van der Waals surface area (Å²) in [5.74, 6) is 1.56. The summed E-state index contributed by atoms with van der Waals surface area (Å²) in [6.07, 6.45) is 3.72. The van der Waals surface area contributed by atoms with Gasteiger partial charge in [0.2, 0.25) is 0 Å². The van der Waals surface area contributed by atoms with Crippen molar-refractivity contribution in [3.8, 4) is 11.5 Å². The molecule has 4 heteroatoms. The van der Waals surface area contributed by atoms with Crippen LogP contribution in [0.5, 0.6) is 11.5 Å². The average molecular weight is 279 g/mol. The minimum atomic E-state index is 0.392. The molecule has 1 heterocycles. The van der Waals surface area contributed by atoms with Crippen LogP contribution in [-0.2, 0) is 11.2 Å². The fraction of sp³-hybridized carbons (Fsp3) is 0.625. The molecule has 1 aromatic carbocycles. The van der Waals surface area contributed by atoms with Gasteiger partial charge >= 0.3 is 0 Å². The molecule has 1 saturated heterocycles. The highest BCUT2D eigenvalue weighted by Gasteiger charge is 2.16. The molecule has 0 unspecified atom stereocenters. The molecule has 1 aromatic rings. The Morgan fingerprint density at radius 1 is 1.30 bits per heavy atom. The Hall–Kier alpha value is -1.26. The van der Waals surface area contributed by atoms with Crippen LogP contribution in [0.15, 0.2) is 18.2 Å². The first kappa shape index (κ1) is 15.1. The maximum absolute atomic E-state index is 5.62. The minimum Gasteiger partial charge on any atom is -0.493 e. The van der Waals surface area contributed by atoms with Gasteiger partial charge in [-0.3, -0.25) is 0 Å². The molecule has 1 aliphatic heterocycles. The lowest BCUT2D eigenvalue weighted by molar-refractivity contribution is 0.108. The molecule has 20 heavy (non-hydrogen) atoms. The summed E-state index contributed by atoms with van der Waals surface area (Å²) in [6, 6.07) is 6.51. The van der Waals surface area contributed by atoms with E-state index in [2.05, 4.69) is 18.3 Å². The maximum Gasteiger partial charge on any atom is 0.160 e. The zero-order chi connectivity index (χ0) is 14.4. The second kappa shape index (κ2) is 7.50. The Bertz CT molecular complexity index is 416. The van der Waals surface area contributed by atoms with Crippen molar-refractivity contribution in [1.82, 2.24) is 5.32 Å². The Morgan fingerprint density at radius 3 is 2.75 bits per heavy atom. The van der Waals surface area contributed by atoms with E-state index in [1.54, 1.807) is 14.2 Å². The van der Waals surface area contributed by atoms with Gasteiger partial charge in [-0.1, -0.05) is 6.07 Å². The van der Waals surface area contributed by atoms with Crippen LogP contribution in [0.1, 0.15) is 25.3 Å². The molecule has 112 valence electrons. The van der Waals surface area contributed by atoms with Gasteiger partial charge in [0, 0.05) is 19.2 Å². The summed E-state index contributed by atoms with van der Waals surface area (Å²) in [7, 11) is 3.32. The predicted octanol–water partition coefficient (Wildman–Crippen LogP) is 2.40. The van der Waals surface area contributed by atoms with Gasteiger partial charge in [0.25, 0.3) is 0 Å². The summed E-state index contributed by atoms with van der Waals surface area (Å²) in [6.45, 7) is 4.05. The first-order chi connectivity index (χ1) is 9.72. The van der Waals surface area contributed by atoms with Crippen LogP contribution in [0.3, 0.4) is 0 Å². The normalized spacial score (nSPS) is 19.9. The Morgan fingerprint density at radius 2 is 2.10 bits per heavy atom. The zero-order valence-electron chi connectivity index (χ0n) is 12.6. The van der Waals surface area contributed by atoms with Crippen LogP contribution in [0.25, 0.3) is 0 Å². The summed E-state index contributed by atoms with van der Waals surface area (Å²) < 4.78 is 16.2. The van der Waals surface area contributed by atoms with E-state index in [0.717, 1.165) is 31.1 Å². The molecule has 0 aromatic heterocycles. The smallest absolute Gasteiger partial charge is 0.160 e. The van der Waals surface area contributed by atoms with Gasteiger partial charge in [-0.25, -0.2) is 0 Å². The SMILES string of the molecule is COc1ccc(C[C@H](C)NC[C@H]2CCCO2)cc1OC. The fourth-order valence-electron chi connectivity index (χ4n) is 2.57. The van der Waals surface area contributed by atoms with Crippen molar-refractivity contribution in [2.24, 2.45) is 0 Å². The first-order valence-corrected chi connectivity index (χ1v) is 7.29. The summed E-state index contributed by atoms with van der Waals surface area (Å²) in [5.41, 5.74) is 1.25. The van der Waals surface area contributed by atoms with Gasteiger partial charge in [-0.15, -0.1) is 0 Å². The summed E-state index contributed by atoms with van der Waals surface area (Å²) >= 11 is 0. The standard InChI is InChI=1S/C16H25NO3/c1-12(17-11-14-5-4-8-20-14)9-13-6-7-15(18-2)16(10-13)19-3/h6-7,10,12,14,17H,4-5,8-9,11H2,1-3H3/t12-,14+/m0/s1. The highest BCUT2D eigenvalue weighted by molar-refractivity contribution is 5.43. The number of hydrogen-bond donors (Lipinski definition) is 1. The quantitative estimate of drug-likeness (QED) is 0.832. The van der Waals surface area contributed by atoms with Crippen molar-refractivity contribution < 1.29 is 14.2 Å². The average Bonchev–Trinajstić information content (AvgIpc) is 2.98. The Balaban J connectivity index is 1.85. The molecular formula is C16H25NO3. The molecule has 0 spiro atoms. The highest BCUT2D eigenvalue weighted by atomic mass is 16.5. The molecule has 2 rings (SSSR count). The topological polar surface area (TPSA) is 39.7 Å². The van der Waals surface area contributed by atoms with Crippen LogP contribution in [0.2, 0.25) is 0 Å². The predicted molar refractivity (Wildman–Crippen MR) is 79.7 cm³/mol. The van der Waals surface area contributed by atoms with E-state index in [4.69, 9.17) is 14.2 Å². The third kappa shape index (κ3) is 4.12. The van der Waals surface area contributed by atoms with Crippen molar-refractivity contribution >= 4 is 0 Å². The van der Waals surface area contributed by atoms with E-state index < -0.39 is 0 Å². The molecular weight excluding hydrogens is 254 g/mol. The lowest BCUT2D eigenvalue weighted by Crippen LogP contribution is -2.34. The van der Waals surface area contributed by atoms with E-state index in [0.29, 0.717) is 12.1 Å². The summed E-state index contributed by atoms with van der Waals surface area (Å²) in [4.78, 5) is 0. The van der Waals surface area contributed by atoms with E-state index in [9.17, 15) is 0 Å². The number of rotatable bonds is 7. The van der Waals surface area contributed by atoms with Crippen LogP contribution in [0, 0.1) is 0 Å². The lowest BCUT2D eigenvalue weighted by atomic mass is 10.1. The number of nitrogens with one attached hydrogen (secondary N) is 1.